The van der Waals surface area contributed by atoms with E-state index in [2.05, 4.69) is 58.3 Å². The van der Waals surface area contributed by atoms with E-state index < -0.39 is 5.91 Å². The molecule has 0 bridgehead atoms. The molecule has 7 heteroatoms. The van der Waals surface area contributed by atoms with Crippen molar-refractivity contribution in [3.8, 4) is 16.8 Å². The summed E-state index contributed by atoms with van der Waals surface area (Å²) < 4.78 is 3.94. The highest BCUT2D eigenvalue weighted by Crippen LogP contribution is 2.24. The van der Waals surface area contributed by atoms with Crippen molar-refractivity contribution in [2.24, 2.45) is 5.73 Å². The molecule has 0 aliphatic rings. The second-order valence-corrected chi connectivity index (χ2v) is 9.11. The second kappa shape index (κ2) is 11.2. The molecule has 2 N–H and O–H groups in total. The fourth-order valence-corrected chi connectivity index (χ4v) is 4.38. The lowest BCUT2D eigenvalue weighted by Gasteiger charge is -2.11. The van der Waals surface area contributed by atoms with Crippen LogP contribution in [-0.4, -0.2) is 45.2 Å². The zero-order chi connectivity index (χ0) is 27.4. The highest BCUT2D eigenvalue weighted by Gasteiger charge is 2.12. The standard InChI is InChI=1S/C29H27N5O2.C2H6/c1-19-16-26(28(30)35)31-34(19)25-12-13-27-24(17-25)14-15-33(27)18-20-4-6-21(7-5-20)22-8-10-23(11-9-22)29(36)32(2)3;1-2/h4-17H,18H2,1-3H3,(H2,30,35);1-2H3. The Bertz CT molecular complexity index is 1580. The predicted octanol–water partition coefficient (Wildman–Crippen LogP) is 5.68. The van der Waals surface area contributed by atoms with Crippen molar-refractivity contribution in [2.75, 3.05) is 14.1 Å². The van der Waals surface area contributed by atoms with Gasteiger partial charge in [-0.1, -0.05) is 50.2 Å². The summed E-state index contributed by atoms with van der Waals surface area (Å²) in [6.45, 7) is 6.64. The zero-order valence-electron chi connectivity index (χ0n) is 22.5. The van der Waals surface area contributed by atoms with Crippen LogP contribution >= 0.6 is 0 Å². The van der Waals surface area contributed by atoms with Crippen LogP contribution < -0.4 is 5.73 Å². The predicted molar refractivity (Wildman–Crippen MR) is 153 cm³/mol. The van der Waals surface area contributed by atoms with Crippen LogP contribution in [0.5, 0.6) is 0 Å². The molecule has 0 saturated carbocycles. The Balaban J connectivity index is 0.00000164. The van der Waals surface area contributed by atoms with Gasteiger partial charge in [-0.15, -0.1) is 0 Å². The van der Waals surface area contributed by atoms with Gasteiger partial charge < -0.3 is 15.2 Å². The highest BCUT2D eigenvalue weighted by molar-refractivity contribution is 5.94. The Morgan fingerprint density at radius 1 is 0.868 bits per heavy atom. The largest absolute Gasteiger partial charge is 0.364 e. The Labute approximate surface area is 223 Å². The third-order valence-corrected chi connectivity index (χ3v) is 6.32. The van der Waals surface area contributed by atoms with Crippen LogP contribution in [0.4, 0.5) is 0 Å². The minimum Gasteiger partial charge on any atom is -0.364 e. The van der Waals surface area contributed by atoms with Gasteiger partial charge in [0.25, 0.3) is 11.8 Å². The monoisotopic (exact) mass is 507 g/mol. The van der Waals surface area contributed by atoms with Crippen molar-refractivity contribution in [2.45, 2.75) is 27.3 Å². The summed E-state index contributed by atoms with van der Waals surface area (Å²) in [6, 6.07) is 26.1. The van der Waals surface area contributed by atoms with E-state index in [1.807, 2.05) is 51.1 Å². The van der Waals surface area contributed by atoms with E-state index in [1.54, 1.807) is 29.7 Å². The van der Waals surface area contributed by atoms with Crippen LogP contribution in [0.25, 0.3) is 27.7 Å². The Morgan fingerprint density at radius 2 is 1.50 bits per heavy atom. The van der Waals surface area contributed by atoms with Gasteiger partial charge in [0.15, 0.2) is 5.69 Å². The number of benzene rings is 3. The number of nitrogens with two attached hydrogens (primary N) is 1. The third kappa shape index (κ3) is 5.37. The summed E-state index contributed by atoms with van der Waals surface area (Å²) in [5.41, 5.74) is 12.5. The zero-order valence-corrected chi connectivity index (χ0v) is 22.5. The van der Waals surface area contributed by atoms with Crippen molar-refractivity contribution in [1.82, 2.24) is 19.2 Å². The number of carbonyl (C=O) groups is 2. The molecule has 0 spiro atoms. The summed E-state index contributed by atoms with van der Waals surface area (Å²) in [4.78, 5) is 25.2. The van der Waals surface area contributed by atoms with Gasteiger partial charge >= 0.3 is 0 Å². The Kier molecular flexibility index (Phi) is 7.76. The molecular weight excluding hydrogens is 474 g/mol. The van der Waals surface area contributed by atoms with Gasteiger partial charge in [0.2, 0.25) is 0 Å². The maximum absolute atomic E-state index is 12.1. The molecule has 194 valence electrons. The molecule has 5 rings (SSSR count). The minimum absolute atomic E-state index is 0.00173. The summed E-state index contributed by atoms with van der Waals surface area (Å²) in [6.07, 6.45) is 2.08. The summed E-state index contributed by atoms with van der Waals surface area (Å²) in [5.74, 6) is -0.537. The van der Waals surface area contributed by atoms with Gasteiger partial charge in [0.1, 0.15) is 0 Å². The SMILES string of the molecule is CC.Cc1cc(C(N)=O)nn1-c1ccc2c(ccn2Cc2ccc(-c3ccc(C(=O)N(C)C)cc3)cc2)c1. The van der Waals surface area contributed by atoms with Crippen LogP contribution in [0.2, 0.25) is 0 Å². The van der Waals surface area contributed by atoms with E-state index in [4.69, 9.17) is 5.73 Å². The summed E-state index contributed by atoms with van der Waals surface area (Å²) >= 11 is 0. The average Bonchev–Trinajstić information content (AvgIpc) is 3.53. The smallest absolute Gasteiger partial charge is 0.269 e. The molecule has 3 aromatic carbocycles. The van der Waals surface area contributed by atoms with Crippen molar-refractivity contribution >= 4 is 22.7 Å². The molecule has 5 aromatic rings. The molecule has 0 fully saturated rings. The van der Waals surface area contributed by atoms with E-state index in [-0.39, 0.29) is 11.6 Å². The van der Waals surface area contributed by atoms with Crippen molar-refractivity contribution < 1.29 is 9.59 Å². The highest BCUT2D eigenvalue weighted by atomic mass is 16.2. The van der Waals surface area contributed by atoms with E-state index in [9.17, 15) is 9.59 Å². The lowest BCUT2D eigenvalue weighted by Crippen LogP contribution is -2.21. The molecule has 2 aromatic heterocycles. The molecular formula is C31H33N5O2. The van der Waals surface area contributed by atoms with Gasteiger partial charge in [0, 0.05) is 49.0 Å². The maximum Gasteiger partial charge on any atom is 0.269 e. The Morgan fingerprint density at radius 3 is 2.08 bits per heavy atom. The van der Waals surface area contributed by atoms with Crippen LogP contribution in [0.3, 0.4) is 0 Å². The lowest BCUT2D eigenvalue weighted by atomic mass is 10.0. The molecule has 0 radical (unpaired) electrons. The fraction of sp³-hybridized carbons (Fsp3) is 0.194. The fourth-order valence-electron chi connectivity index (χ4n) is 4.38. The van der Waals surface area contributed by atoms with Crippen LogP contribution in [-0.2, 0) is 6.54 Å². The van der Waals surface area contributed by atoms with Crippen molar-refractivity contribution in [3.05, 3.63) is 108 Å². The van der Waals surface area contributed by atoms with Gasteiger partial charge in [0.05, 0.1) is 5.69 Å². The number of carbonyl (C=O) groups excluding carboxylic acids is 2. The Hall–Kier alpha value is -4.65. The number of hydrogen-bond donors (Lipinski definition) is 1. The maximum atomic E-state index is 12.1. The molecule has 0 aliphatic carbocycles. The summed E-state index contributed by atoms with van der Waals surface area (Å²) in [5, 5.41) is 5.42. The molecule has 38 heavy (non-hydrogen) atoms. The van der Waals surface area contributed by atoms with Gasteiger partial charge in [-0.2, -0.15) is 5.10 Å². The molecule has 2 amide bonds. The number of aryl methyl sites for hydroxylation is 1. The van der Waals surface area contributed by atoms with E-state index in [0.717, 1.165) is 40.0 Å². The van der Waals surface area contributed by atoms with Crippen molar-refractivity contribution in [1.29, 1.82) is 0 Å². The number of fused-ring (bicyclic) bond motifs is 1. The van der Waals surface area contributed by atoms with Crippen LogP contribution in [0, 0.1) is 6.92 Å². The molecule has 7 nitrogen and oxygen atoms in total. The minimum atomic E-state index is -0.536. The third-order valence-electron chi connectivity index (χ3n) is 6.32. The van der Waals surface area contributed by atoms with E-state index in [0.29, 0.717) is 5.56 Å². The first-order valence-electron chi connectivity index (χ1n) is 12.7. The number of aromatic nitrogens is 3. The van der Waals surface area contributed by atoms with E-state index in [1.165, 1.54) is 5.56 Å². The number of amides is 2. The average molecular weight is 508 g/mol. The molecule has 2 heterocycles. The summed E-state index contributed by atoms with van der Waals surface area (Å²) in [7, 11) is 3.51. The van der Waals surface area contributed by atoms with Gasteiger partial charge in [-0.05, 0) is 66.1 Å². The topological polar surface area (TPSA) is 86.1 Å². The van der Waals surface area contributed by atoms with Crippen molar-refractivity contribution in [3.63, 3.8) is 0 Å². The van der Waals surface area contributed by atoms with Gasteiger partial charge in [-0.25, -0.2) is 4.68 Å². The normalized spacial score (nSPS) is 10.7. The molecule has 0 unspecified atom stereocenters. The number of nitrogens with zero attached hydrogens (tertiary/aromatic N) is 4. The van der Waals surface area contributed by atoms with Gasteiger partial charge in [-0.3, -0.25) is 9.59 Å². The quantitative estimate of drug-likeness (QED) is 0.321. The number of primary amides is 1. The molecule has 0 atom stereocenters. The first-order chi connectivity index (χ1) is 18.3. The number of rotatable bonds is 6. The van der Waals surface area contributed by atoms with Crippen LogP contribution in [0.15, 0.2) is 85.1 Å². The molecule has 0 saturated heterocycles. The number of hydrogen-bond acceptors (Lipinski definition) is 3. The van der Waals surface area contributed by atoms with Crippen LogP contribution in [0.1, 0.15) is 46.0 Å². The van der Waals surface area contributed by atoms with E-state index >= 15 is 0 Å². The lowest BCUT2D eigenvalue weighted by molar-refractivity contribution is 0.0827. The molecule has 0 aliphatic heterocycles. The first kappa shape index (κ1) is 26.4. The first-order valence-corrected chi connectivity index (χ1v) is 12.7. The second-order valence-electron chi connectivity index (χ2n) is 9.11.